The molecule has 0 saturated carbocycles. The van der Waals surface area contributed by atoms with E-state index in [4.69, 9.17) is 9.47 Å². The summed E-state index contributed by atoms with van der Waals surface area (Å²) in [5, 5.41) is 2.75. The number of benzene rings is 2. The average molecular weight is 331 g/mol. The molecular formula is C19H22FNO3. The van der Waals surface area contributed by atoms with Crippen LogP contribution in [0, 0.1) is 12.7 Å². The average Bonchev–Trinajstić information content (AvgIpc) is 2.59. The number of hydrogen-bond acceptors (Lipinski definition) is 3. The molecule has 0 aliphatic carbocycles. The number of amides is 1. The number of ether oxygens (including phenoxy) is 2. The zero-order chi connectivity index (χ0) is 17.4. The van der Waals surface area contributed by atoms with E-state index >= 15 is 0 Å². The fourth-order valence-corrected chi connectivity index (χ4v) is 2.18. The summed E-state index contributed by atoms with van der Waals surface area (Å²) in [6.45, 7) is 4.48. The highest BCUT2D eigenvalue weighted by Crippen LogP contribution is 2.18. The molecule has 1 amide bonds. The number of carbonyl (C=O) groups is 1. The smallest absolute Gasteiger partial charge is 0.261 e. The minimum absolute atomic E-state index is 0.0793. The van der Waals surface area contributed by atoms with Gasteiger partial charge in [-0.25, -0.2) is 4.39 Å². The van der Waals surface area contributed by atoms with Crippen molar-refractivity contribution in [1.82, 2.24) is 5.32 Å². The van der Waals surface area contributed by atoms with Crippen molar-refractivity contribution in [2.24, 2.45) is 0 Å². The predicted octanol–water partition coefficient (Wildman–Crippen LogP) is 3.49. The first-order valence-corrected chi connectivity index (χ1v) is 7.99. The second-order valence-corrected chi connectivity index (χ2v) is 5.35. The van der Waals surface area contributed by atoms with Gasteiger partial charge in [-0.1, -0.05) is 37.3 Å². The van der Waals surface area contributed by atoms with E-state index in [0.29, 0.717) is 19.6 Å². The highest BCUT2D eigenvalue weighted by molar-refractivity contribution is 5.81. The summed E-state index contributed by atoms with van der Waals surface area (Å²) in [5.41, 5.74) is 1.04. The molecule has 2 aromatic carbocycles. The molecule has 0 heterocycles. The van der Waals surface area contributed by atoms with Gasteiger partial charge in [-0.3, -0.25) is 4.79 Å². The fraction of sp³-hybridized carbons (Fsp3) is 0.316. The SMILES string of the molecule is CC[C@H](Oc1ccccc1F)C(=O)NCCOc1ccccc1C. The van der Waals surface area contributed by atoms with E-state index in [1.54, 1.807) is 12.1 Å². The van der Waals surface area contributed by atoms with Crippen LogP contribution < -0.4 is 14.8 Å². The van der Waals surface area contributed by atoms with E-state index < -0.39 is 11.9 Å². The number of carbonyl (C=O) groups excluding carboxylic acids is 1. The van der Waals surface area contributed by atoms with Crippen LogP contribution in [0.5, 0.6) is 11.5 Å². The molecule has 2 rings (SSSR count). The molecule has 4 nitrogen and oxygen atoms in total. The number of halogens is 1. The van der Waals surface area contributed by atoms with Crippen molar-refractivity contribution in [2.45, 2.75) is 26.4 Å². The second kappa shape index (κ2) is 8.91. The third kappa shape index (κ3) is 4.98. The molecule has 0 fully saturated rings. The number of hydrogen-bond donors (Lipinski definition) is 1. The van der Waals surface area contributed by atoms with Crippen molar-refractivity contribution in [3.63, 3.8) is 0 Å². The molecule has 0 aromatic heterocycles. The number of aryl methyl sites for hydroxylation is 1. The molecule has 0 spiro atoms. The van der Waals surface area contributed by atoms with Crippen LogP contribution in [0.15, 0.2) is 48.5 Å². The van der Waals surface area contributed by atoms with Gasteiger partial charge in [-0.05, 0) is 37.1 Å². The lowest BCUT2D eigenvalue weighted by atomic mass is 10.2. The topological polar surface area (TPSA) is 47.6 Å². The first-order valence-electron chi connectivity index (χ1n) is 7.99. The number of nitrogens with one attached hydrogen (secondary N) is 1. The molecule has 1 atom stereocenters. The minimum atomic E-state index is -0.736. The molecule has 0 aliphatic heterocycles. The largest absolute Gasteiger partial charge is 0.491 e. The maximum Gasteiger partial charge on any atom is 0.261 e. The van der Waals surface area contributed by atoms with Crippen LogP contribution in [0.2, 0.25) is 0 Å². The maximum atomic E-state index is 13.6. The van der Waals surface area contributed by atoms with Gasteiger partial charge in [-0.2, -0.15) is 0 Å². The van der Waals surface area contributed by atoms with E-state index in [1.165, 1.54) is 12.1 Å². The minimum Gasteiger partial charge on any atom is -0.491 e. The van der Waals surface area contributed by atoms with Gasteiger partial charge in [0.25, 0.3) is 5.91 Å². The maximum absolute atomic E-state index is 13.6. The van der Waals surface area contributed by atoms with Crippen molar-refractivity contribution in [2.75, 3.05) is 13.2 Å². The second-order valence-electron chi connectivity index (χ2n) is 5.35. The molecule has 0 unspecified atom stereocenters. The highest BCUT2D eigenvalue weighted by atomic mass is 19.1. The summed E-state index contributed by atoms with van der Waals surface area (Å²) in [6.07, 6.45) is -0.293. The Morgan fingerprint density at radius 1 is 1.12 bits per heavy atom. The van der Waals surface area contributed by atoms with E-state index in [2.05, 4.69) is 5.32 Å². The van der Waals surface area contributed by atoms with E-state index in [0.717, 1.165) is 11.3 Å². The van der Waals surface area contributed by atoms with Crippen LogP contribution in [-0.4, -0.2) is 25.2 Å². The van der Waals surface area contributed by atoms with Gasteiger partial charge in [-0.15, -0.1) is 0 Å². The van der Waals surface area contributed by atoms with Crippen LogP contribution in [0.4, 0.5) is 4.39 Å². The predicted molar refractivity (Wildman–Crippen MR) is 90.8 cm³/mol. The van der Waals surface area contributed by atoms with Gasteiger partial charge in [0.1, 0.15) is 12.4 Å². The normalized spacial score (nSPS) is 11.6. The summed E-state index contributed by atoms with van der Waals surface area (Å²) in [6, 6.07) is 13.7. The number of para-hydroxylation sites is 2. The monoisotopic (exact) mass is 331 g/mol. The zero-order valence-electron chi connectivity index (χ0n) is 13.9. The Labute approximate surface area is 141 Å². The summed E-state index contributed by atoms with van der Waals surface area (Å²) in [4.78, 5) is 12.2. The van der Waals surface area contributed by atoms with Gasteiger partial charge in [0.05, 0.1) is 6.54 Å². The summed E-state index contributed by atoms with van der Waals surface area (Å²) in [5.74, 6) is 0.109. The Kier molecular flexibility index (Phi) is 6.61. The highest BCUT2D eigenvalue weighted by Gasteiger charge is 2.19. The molecule has 128 valence electrons. The molecule has 1 N–H and O–H groups in total. The third-order valence-corrected chi connectivity index (χ3v) is 3.52. The zero-order valence-corrected chi connectivity index (χ0v) is 13.9. The fourth-order valence-electron chi connectivity index (χ4n) is 2.18. The van der Waals surface area contributed by atoms with Gasteiger partial charge in [0.15, 0.2) is 17.7 Å². The van der Waals surface area contributed by atoms with Crippen molar-refractivity contribution < 1.29 is 18.7 Å². The van der Waals surface area contributed by atoms with Crippen LogP contribution in [0.1, 0.15) is 18.9 Å². The summed E-state index contributed by atoms with van der Waals surface area (Å²) in [7, 11) is 0. The molecule has 0 bridgehead atoms. The summed E-state index contributed by atoms with van der Waals surface area (Å²) < 4.78 is 24.7. The standard InChI is InChI=1S/C19H22FNO3/c1-3-16(24-18-11-7-5-9-15(18)20)19(22)21-12-13-23-17-10-6-4-8-14(17)2/h4-11,16H,3,12-13H2,1-2H3,(H,21,22)/t16-/m0/s1. The first kappa shape index (κ1) is 17.8. The molecule has 0 radical (unpaired) electrons. The molecule has 0 saturated heterocycles. The molecular weight excluding hydrogens is 309 g/mol. The van der Waals surface area contributed by atoms with Crippen molar-refractivity contribution in [3.8, 4) is 11.5 Å². The molecule has 24 heavy (non-hydrogen) atoms. The van der Waals surface area contributed by atoms with Crippen LogP contribution in [-0.2, 0) is 4.79 Å². The first-order chi connectivity index (χ1) is 11.6. The quantitative estimate of drug-likeness (QED) is 0.753. The summed E-state index contributed by atoms with van der Waals surface area (Å²) >= 11 is 0. The Morgan fingerprint density at radius 3 is 2.46 bits per heavy atom. The Hall–Kier alpha value is -2.56. The van der Waals surface area contributed by atoms with Crippen molar-refractivity contribution >= 4 is 5.91 Å². The molecule has 2 aromatic rings. The van der Waals surface area contributed by atoms with Crippen LogP contribution in [0.25, 0.3) is 0 Å². The molecule has 0 aliphatic rings. The number of rotatable bonds is 8. The van der Waals surface area contributed by atoms with E-state index in [9.17, 15) is 9.18 Å². The van der Waals surface area contributed by atoms with Gasteiger partial charge >= 0.3 is 0 Å². The molecule has 5 heteroatoms. The van der Waals surface area contributed by atoms with Crippen LogP contribution in [0.3, 0.4) is 0 Å². The lowest BCUT2D eigenvalue weighted by Crippen LogP contribution is -2.39. The lowest BCUT2D eigenvalue weighted by Gasteiger charge is -2.18. The Balaban J connectivity index is 1.80. The lowest BCUT2D eigenvalue weighted by molar-refractivity contribution is -0.128. The Bertz CT molecular complexity index is 675. The van der Waals surface area contributed by atoms with Gasteiger partial charge in [0.2, 0.25) is 0 Å². The van der Waals surface area contributed by atoms with Gasteiger partial charge < -0.3 is 14.8 Å². The van der Waals surface area contributed by atoms with Crippen LogP contribution >= 0.6 is 0 Å². The van der Waals surface area contributed by atoms with Crippen molar-refractivity contribution in [1.29, 1.82) is 0 Å². The van der Waals surface area contributed by atoms with Crippen molar-refractivity contribution in [3.05, 3.63) is 59.9 Å². The van der Waals surface area contributed by atoms with E-state index in [-0.39, 0.29) is 11.7 Å². The third-order valence-electron chi connectivity index (χ3n) is 3.52. The van der Waals surface area contributed by atoms with Gasteiger partial charge in [0, 0.05) is 0 Å². The Morgan fingerprint density at radius 2 is 1.79 bits per heavy atom. The van der Waals surface area contributed by atoms with E-state index in [1.807, 2.05) is 38.1 Å².